The molecule has 1 heterocycles. The van der Waals surface area contributed by atoms with Crippen LogP contribution in [0.2, 0.25) is 0 Å². The van der Waals surface area contributed by atoms with Crippen LogP contribution in [0.15, 0.2) is 47.3 Å². The Morgan fingerprint density at radius 2 is 1.85 bits per heavy atom. The Kier molecular flexibility index (Phi) is 2.79. The molecule has 100 valence electrons. The minimum absolute atomic E-state index is 0.0955. The van der Waals surface area contributed by atoms with E-state index in [1.54, 1.807) is 35.8 Å². The fourth-order valence-corrected chi connectivity index (χ4v) is 2.42. The molecule has 1 N–H and O–H groups in total. The molecule has 0 atom stereocenters. The van der Waals surface area contributed by atoms with Gasteiger partial charge in [-0.3, -0.25) is 9.36 Å². The number of hydrogen-bond donors (Lipinski definition) is 1. The number of fused-ring (bicyclic) bond motifs is 1. The van der Waals surface area contributed by atoms with Gasteiger partial charge in [-0.05, 0) is 49.7 Å². The number of hydrogen-bond acceptors (Lipinski definition) is 3. The lowest BCUT2D eigenvalue weighted by Crippen LogP contribution is -2.22. The summed E-state index contributed by atoms with van der Waals surface area (Å²) in [7, 11) is 0. The second-order valence-corrected chi connectivity index (χ2v) is 4.79. The van der Waals surface area contributed by atoms with Gasteiger partial charge in [-0.1, -0.05) is 12.1 Å². The minimum atomic E-state index is -0.0955. The lowest BCUT2D eigenvalue weighted by Gasteiger charge is -2.13. The van der Waals surface area contributed by atoms with Gasteiger partial charge in [0.15, 0.2) is 0 Å². The van der Waals surface area contributed by atoms with Crippen molar-refractivity contribution in [3.63, 3.8) is 0 Å². The van der Waals surface area contributed by atoms with Crippen LogP contribution >= 0.6 is 0 Å². The molecular formula is C16H14N2O2. The van der Waals surface area contributed by atoms with E-state index in [9.17, 15) is 9.90 Å². The number of aryl methyl sites for hydroxylation is 2. The lowest BCUT2D eigenvalue weighted by atomic mass is 10.1. The normalized spacial score (nSPS) is 10.9. The monoisotopic (exact) mass is 266 g/mol. The van der Waals surface area contributed by atoms with Gasteiger partial charge in [0.05, 0.1) is 16.6 Å². The van der Waals surface area contributed by atoms with E-state index < -0.39 is 0 Å². The van der Waals surface area contributed by atoms with Gasteiger partial charge >= 0.3 is 0 Å². The van der Waals surface area contributed by atoms with E-state index in [1.807, 2.05) is 25.1 Å². The first kappa shape index (κ1) is 12.4. The fraction of sp³-hybridized carbons (Fsp3) is 0.125. The second-order valence-electron chi connectivity index (χ2n) is 4.79. The zero-order valence-electron chi connectivity index (χ0n) is 11.3. The standard InChI is InChI=1S/C16H14N2O2/c1-10-9-12(19)7-8-15(10)18-11(2)17-14-6-4-3-5-13(14)16(18)20/h3-9,19H,1-2H3. The number of rotatable bonds is 1. The molecule has 3 rings (SSSR count). The predicted octanol–water partition coefficient (Wildman–Crippen LogP) is 2.71. The van der Waals surface area contributed by atoms with Gasteiger partial charge in [-0.2, -0.15) is 0 Å². The first-order valence-corrected chi connectivity index (χ1v) is 6.36. The second kappa shape index (κ2) is 4.49. The van der Waals surface area contributed by atoms with Crippen molar-refractivity contribution < 1.29 is 5.11 Å². The highest BCUT2D eigenvalue weighted by Gasteiger charge is 2.11. The molecule has 0 aliphatic carbocycles. The van der Waals surface area contributed by atoms with Crippen LogP contribution in [-0.2, 0) is 0 Å². The number of para-hydroxylation sites is 1. The third-order valence-corrected chi connectivity index (χ3v) is 3.36. The van der Waals surface area contributed by atoms with Crippen LogP contribution in [-0.4, -0.2) is 14.7 Å². The van der Waals surface area contributed by atoms with Crippen LogP contribution in [0, 0.1) is 13.8 Å². The lowest BCUT2D eigenvalue weighted by molar-refractivity contribution is 0.474. The first-order chi connectivity index (χ1) is 9.58. The highest BCUT2D eigenvalue weighted by Crippen LogP contribution is 2.20. The Balaban J connectivity index is 2.39. The van der Waals surface area contributed by atoms with Gasteiger partial charge in [0.2, 0.25) is 0 Å². The van der Waals surface area contributed by atoms with Gasteiger partial charge in [0, 0.05) is 0 Å². The summed E-state index contributed by atoms with van der Waals surface area (Å²) in [5.41, 5.74) is 2.17. The third kappa shape index (κ3) is 1.86. The van der Waals surface area contributed by atoms with Gasteiger partial charge in [-0.15, -0.1) is 0 Å². The molecule has 4 heteroatoms. The van der Waals surface area contributed by atoms with Gasteiger partial charge in [0.25, 0.3) is 5.56 Å². The van der Waals surface area contributed by atoms with Crippen molar-refractivity contribution in [3.8, 4) is 11.4 Å². The van der Waals surface area contributed by atoms with Crippen molar-refractivity contribution in [3.05, 3.63) is 64.2 Å². The summed E-state index contributed by atoms with van der Waals surface area (Å²) in [6, 6.07) is 12.2. The van der Waals surface area contributed by atoms with E-state index in [-0.39, 0.29) is 11.3 Å². The molecule has 1 aromatic heterocycles. The van der Waals surface area contributed by atoms with E-state index in [0.717, 1.165) is 11.3 Å². The quantitative estimate of drug-likeness (QED) is 0.736. The first-order valence-electron chi connectivity index (χ1n) is 6.36. The van der Waals surface area contributed by atoms with E-state index in [4.69, 9.17) is 0 Å². The molecule has 0 saturated heterocycles. The minimum Gasteiger partial charge on any atom is -0.508 e. The predicted molar refractivity (Wildman–Crippen MR) is 78.5 cm³/mol. The van der Waals surface area contributed by atoms with Crippen molar-refractivity contribution in [2.75, 3.05) is 0 Å². The summed E-state index contributed by atoms with van der Waals surface area (Å²) >= 11 is 0. The molecule has 0 aliphatic heterocycles. The molecule has 0 bridgehead atoms. The van der Waals surface area contributed by atoms with Crippen LogP contribution in [0.4, 0.5) is 0 Å². The van der Waals surface area contributed by atoms with Crippen molar-refractivity contribution >= 4 is 10.9 Å². The number of phenolic OH excluding ortho intramolecular Hbond substituents is 1. The van der Waals surface area contributed by atoms with Gasteiger partial charge < -0.3 is 5.11 Å². The zero-order chi connectivity index (χ0) is 14.3. The van der Waals surface area contributed by atoms with E-state index >= 15 is 0 Å². The highest BCUT2D eigenvalue weighted by molar-refractivity contribution is 5.77. The molecule has 0 unspecified atom stereocenters. The maximum atomic E-state index is 12.6. The largest absolute Gasteiger partial charge is 0.508 e. The molecule has 4 nitrogen and oxygen atoms in total. The van der Waals surface area contributed by atoms with Crippen LogP contribution in [0.3, 0.4) is 0 Å². The summed E-state index contributed by atoms with van der Waals surface area (Å²) in [5.74, 6) is 0.813. The molecule has 0 radical (unpaired) electrons. The fourth-order valence-electron chi connectivity index (χ4n) is 2.42. The average Bonchev–Trinajstić information content (AvgIpc) is 2.41. The number of benzene rings is 2. The third-order valence-electron chi connectivity index (χ3n) is 3.36. The molecule has 2 aromatic carbocycles. The Labute approximate surface area is 116 Å². The molecule has 0 fully saturated rings. The van der Waals surface area contributed by atoms with Gasteiger partial charge in [-0.25, -0.2) is 4.98 Å². The van der Waals surface area contributed by atoms with Crippen LogP contribution < -0.4 is 5.56 Å². The maximum absolute atomic E-state index is 12.6. The summed E-state index contributed by atoms with van der Waals surface area (Å²) in [6.45, 7) is 3.66. The highest BCUT2D eigenvalue weighted by atomic mass is 16.3. The molecule has 20 heavy (non-hydrogen) atoms. The molecule has 3 aromatic rings. The van der Waals surface area contributed by atoms with Gasteiger partial charge in [0.1, 0.15) is 11.6 Å². The number of aromatic nitrogens is 2. The van der Waals surface area contributed by atoms with Crippen molar-refractivity contribution in [2.45, 2.75) is 13.8 Å². The number of nitrogens with zero attached hydrogens (tertiary/aromatic N) is 2. The summed E-state index contributed by atoms with van der Waals surface area (Å²) < 4.78 is 1.58. The molecule has 0 saturated carbocycles. The molecular weight excluding hydrogens is 252 g/mol. The van der Waals surface area contributed by atoms with E-state index in [2.05, 4.69) is 4.98 Å². The molecule has 0 amide bonds. The summed E-state index contributed by atoms with van der Waals surface area (Å²) in [6.07, 6.45) is 0. The Morgan fingerprint density at radius 3 is 2.60 bits per heavy atom. The zero-order valence-corrected chi connectivity index (χ0v) is 11.3. The van der Waals surface area contributed by atoms with Crippen LogP contribution in [0.5, 0.6) is 5.75 Å². The Hall–Kier alpha value is -2.62. The van der Waals surface area contributed by atoms with Crippen molar-refractivity contribution in [2.24, 2.45) is 0 Å². The van der Waals surface area contributed by atoms with Crippen molar-refractivity contribution in [1.82, 2.24) is 9.55 Å². The Bertz CT molecular complexity index is 866. The maximum Gasteiger partial charge on any atom is 0.265 e. The average molecular weight is 266 g/mol. The SMILES string of the molecule is Cc1cc(O)ccc1-n1c(C)nc2ccccc2c1=O. The van der Waals surface area contributed by atoms with Crippen LogP contribution in [0.25, 0.3) is 16.6 Å². The molecule has 0 spiro atoms. The Morgan fingerprint density at radius 1 is 1.10 bits per heavy atom. The van der Waals surface area contributed by atoms with Crippen molar-refractivity contribution in [1.29, 1.82) is 0 Å². The topological polar surface area (TPSA) is 55.1 Å². The van der Waals surface area contributed by atoms with Crippen LogP contribution in [0.1, 0.15) is 11.4 Å². The summed E-state index contributed by atoms with van der Waals surface area (Å²) in [5, 5.41) is 10.1. The molecule has 0 aliphatic rings. The number of aromatic hydroxyl groups is 1. The smallest absolute Gasteiger partial charge is 0.265 e. The van der Waals surface area contributed by atoms with E-state index in [1.165, 1.54) is 0 Å². The van der Waals surface area contributed by atoms with E-state index in [0.29, 0.717) is 16.7 Å². The summed E-state index contributed by atoms with van der Waals surface area (Å²) in [4.78, 5) is 17.1. The number of phenols is 1.